The lowest BCUT2D eigenvalue weighted by atomic mass is 10.1. The van der Waals surface area contributed by atoms with E-state index in [1.54, 1.807) is 25.1 Å². The maximum Gasteiger partial charge on any atom is 0.422 e. The fraction of sp³-hybridized carbons (Fsp3) is 0.421. The number of hydrogen-bond donors (Lipinski definition) is 2. The molecular weight excluding hydrogens is 373 g/mol. The first-order valence-electron chi connectivity index (χ1n) is 8.48. The number of aryl methyl sites for hydroxylation is 1. The van der Waals surface area contributed by atoms with Crippen LogP contribution in [0.2, 0.25) is 0 Å². The lowest BCUT2D eigenvalue weighted by Crippen LogP contribution is -2.26. The number of carbonyl (C=O) groups is 1. The fourth-order valence-corrected chi connectivity index (χ4v) is 1.77. The molecule has 28 heavy (non-hydrogen) atoms. The van der Waals surface area contributed by atoms with Crippen LogP contribution in [0.1, 0.15) is 42.4 Å². The summed E-state index contributed by atoms with van der Waals surface area (Å²) in [6.45, 7) is 6.40. The van der Waals surface area contributed by atoms with E-state index in [4.69, 9.17) is 5.73 Å². The summed E-state index contributed by atoms with van der Waals surface area (Å²) < 4.78 is 40.9. The minimum absolute atomic E-state index is 0. The van der Waals surface area contributed by atoms with Crippen LogP contribution in [0.4, 0.5) is 13.2 Å². The number of aromatic nitrogens is 2. The smallest absolute Gasteiger partial charge is 0.422 e. The summed E-state index contributed by atoms with van der Waals surface area (Å²) >= 11 is 0. The van der Waals surface area contributed by atoms with E-state index in [2.05, 4.69) is 20.0 Å². The van der Waals surface area contributed by atoms with Crippen LogP contribution in [0.3, 0.4) is 0 Å². The molecule has 0 aliphatic rings. The minimum Gasteiger partial charge on any atom is -0.468 e. The Morgan fingerprint density at radius 2 is 1.75 bits per heavy atom. The second kappa shape index (κ2) is 10.0. The molecule has 0 aromatic carbocycles. The summed E-state index contributed by atoms with van der Waals surface area (Å²) in [6.07, 6.45) is -1.57. The first-order valence-corrected chi connectivity index (χ1v) is 8.48. The van der Waals surface area contributed by atoms with Crippen molar-refractivity contribution in [1.29, 1.82) is 0 Å². The zero-order valence-corrected chi connectivity index (χ0v) is 16.3. The van der Waals surface area contributed by atoms with Gasteiger partial charge in [0.05, 0.1) is 0 Å². The van der Waals surface area contributed by atoms with E-state index in [1.807, 2.05) is 20.8 Å². The Bertz CT molecular complexity index is 768. The van der Waals surface area contributed by atoms with Crippen LogP contribution in [0.15, 0.2) is 36.7 Å². The van der Waals surface area contributed by atoms with E-state index in [9.17, 15) is 18.0 Å². The first-order chi connectivity index (χ1) is 12.8. The second-order valence-corrected chi connectivity index (χ2v) is 7.14. The number of nitrogens with zero attached hydrogens (tertiary/aromatic N) is 2. The van der Waals surface area contributed by atoms with E-state index in [-0.39, 0.29) is 23.9 Å². The number of rotatable bonds is 5. The number of amides is 1. The molecule has 0 aliphatic carbocycles. The third-order valence-electron chi connectivity index (χ3n) is 2.79. The van der Waals surface area contributed by atoms with E-state index in [1.165, 1.54) is 18.5 Å². The number of alkyl halides is 3. The zero-order chi connectivity index (χ0) is 21.4. The molecule has 1 amide bonds. The highest BCUT2D eigenvalue weighted by atomic mass is 19.4. The molecule has 0 bridgehead atoms. The highest BCUT2D eigenvalue weighted by Crippen LogP contribution is 2.17. The van der Waals surface area contributed by atoms with Gasteiger partial charge < -0.3 is 15.8 Å². The number of halogens is 3. The number of carbonyl (C=O) groups excluding carboxylic acids is 1. The zero-order valence-electron chi connectivity index (χ0n) is 16.3. The van der Waals surface area contributed by atoms with Crippen molar-refractivity contribution < 1.29 is 22.7 Å². The molecule has 2 rings (SSSR count). The third-order valence-corrected chi connectivity index (χ3v) is 2.79. The average molecular weight is 398 g/mol. The molecule has 0 fully saturated rings. The molecule has 0 saturated heterocycles. The minimum atomic E-state index is -4.43. The number of nitrogens with one attached hydrogen (secondary N) is 1. The molecule has 2 aromatic heterocycles. The summed E-state index contributed by atoms with van der Waals surface area (Å²) in [6, 6.07) is 6.15. The van der Waals surface area contributed by atoms with Gasteiger partial charge in [0.25, 0.3) is 5.91 Å². The SMILES string of the molecule is CC(C)(C)N.Cc1cc(C(=O)NCc2ccnc(OCC(F)(F)F)c2)ccn1. The Balaban J connectivity index is 0.000000696. The Hall–Kier alpha value is -2.68. The monoisotopic (exact) mass is 398 g/mol. The lowest BCUT2D eigenvalue weighted by Gasteiger charge is -2.10. The molecular formula is C19H25F3N4O2. The van der Waals surface area contributed by atoms with Gasteiger partial charge in [-0.3, -0.25) is 9.78 Å². The summed E-state index contributed by atoms with van der Waals surface area (Å²) in [5.41, 5.74) is 7.10. The van der Waals surface area contributed by atoms with Gasteiger partial charge in [0.1, 0.15) is 0 Å². The molecule has 0 spiro atoms. The van der Waals surface area contributed by atoms with Crippen molar-refractivity contribution in [2.45, 2.75) is 46.0 Å². The van der Waals surface area contributed by atoms with Crippen LogP contribution in [0.25, 0.3) is 0 Å². The van der Waals surface area contributed by atoms with E-state index < -0.39 is 12.8 Å². The Labute approximate surface area is 162 Å². The van der Waals surface area contributed by atoms with Crippen molar-refractivity contribution in [2.24, 2.45) is 5.73 Å². The Kier molecular flexibility index (Phi) is 8.36. The van der Waals surface area contributed by atoms with Crippen LogP contribution in [0, 0.1) is 6.92 Å². The van der Waals surface area contributed by atoms with E-state index in [0.717, 1.165) is 0 Å². The predicted molar refractivity (Wildman–Crippen MR) is 99.9 cm³/mol. The number of ether oxygens (including phenoxy) is 1. The van der Waals surface area contributed by atoms with Crippen molar-refractivity contribution in [1.82, 2.24) is 15.3 Å². The van der Waals surface area contributed by atoms with E-state index >= 15 is 0 Å². The molecule has 154 valence electrons. The topological polar surface area (TPSA) is 90.1 Å². The highest BCUT2D eigenvalue weighted by molar-refractivity contribution is 5.94. The predicted octanol–water partition coefficient (Wildman–Crippen LogP) is 3.40. The Morgan fingerprint density at radius 1 is 1.14 bits per heavy atom. The summed E-state index contributed by atoms with van der Waals surface area (Å²) in [5, 5.41) is 2.67. The van der Waals surface area contributed by atoms with Crippen molar-refractivity contribution in [3.05, 3.63) is 53.5 Å². The van der Waals surface area contributed by atoms with Gasteiger partial charge in [-0.2, -0.15) is 13.2 Å². The number of hydrogen-bond acceptors (Lipinski definition) is 5. The van der Waals surface area contributed by atoms with Crippen molar-refractivity contribution in [3.8, 4) is 5.88 Å². The van der Waals surface area contributed by atoms with Crippen molar-refractivity contribution >= 4 is 5.91 Å². The Morgan fingerprint density at radius 3 is 2.32 bits per heavy atom. The molecule has 3 N–H and O–H groups in total. The maximum absolute atomic E-state index is 12.1. The molecule has 0 atom stereocenters. The third kappa shape index (κ3) is 11.1. The lowest BCUT2D eigenvalue weighted by molar-refractivity contribution is -0.154. The van der Waals surface area contributed by atoms with Gasteiger partial charge in [-0.15, -0.1) is 0 Å². The van der Waals surface area contributed by atoms with Crippen LogP contribution >= 0.6 is 0 Å². The summed E-state index contributed by atoms with van der Waals surface area (Å²) in [5.74, 6) is -0.445. The molecule has 2 aromatic rings. The van der Waals surface area contributed by atoms with Crippen molar-refractivity contribution in [2.75, 3.05) is 6.61 Å². The fourth-order valence-electron chi connectivity index (χ4n) is 1.77. The van der Waals surface area contributed by atoms with Gasteiger partial charge >= 0.3 is 6.18 Å². The number of pyridine rings is 2. The van der Waals surface area contributed by atoms with Crippen molar-refractivity contribution in [3.63, 3.8) is 0 Å². The standard InChI is InChI=1S/C15H14F3N3O2.C4H11N/c1-10-6-12(3-5-19-10)14(22)21-8-11-2-4-20-13(7-11)23-9-15(16,17)18;1-4(2,3)5/h2-7H,8-9H2,1H3,(H,21,22);5H2,1-3H3. The maximum atomic E-state index is 12.1. The van der Waals surface area contributed by atoms with Gasteiger partial charge in [-0.25, -0.2) is 4.98 Å². The van der Waals surface area contributed by atoms with Gasteiger partial charge in [0, 0.05) is 41.8 Å². The average Bonchev–Trinajstić information content (AvgIpc) is 2.56. The van der Waals surface area contributed by atoms with E-state index in [0.29, 0.717) is 16.8 Å². The van der Waals surface area contributed by atoms with Crippen LogP contribution in [-0.2, 0) is 6.54 Å². The first kappa shape index (κ1) is 23.4. The van der Waals surface area contributed by atoms with Crippen LogP contribution in [-0.4, -0.2) is 34.2 Å². The molecule has 6 nitrogen and oxygen atoms in total. The second-order valence-electron chi connectivity index (χ2n) is 7.14. The number of nitrogens with two attached hydrogens (primary N) is 1. The van der Waals surface area contributed by atoms with Gasteiger partial charge in [-0.1, -0.05) is 0 Å². The molecule has 0 unspecified atom stereocenters. The normalized spacial score (nSPS) is 11.3. The van der Waals surface area contributed by atoms with Crippen LogP contribution in [0.5, 0.6) is 5.88 Å². The van der Waals surface area contributed by atoms with Gasteiger partial charge in [0.2, 0.25) is 5.88 Å². The molecule has 2 heterocycles. The quantitative estimate of drug-likeness (QED) is 0.806. The molecule has 0 aliphatic heterocycles. The van der Waals surface area contributed by atoms with Gasteiger partial charge in [-0.05, 0) is 51.5 Å². The summed E-state index contributed by atoms with van der Waals surface area (Å²) in [4.78, 5) is 19.7. The largest absolute Gasteiger partial charge is 0.468 e. The van der Waals surface area contributed by atoms with Crippen LogP contribution < -0.4 is 15.8 Å². The highest BCUT2D eigenvalue weighted by Gasteiger charge is 2.28. The molecule has 0 saturated carbocycles. The summed E-state index contributed by atoms with van der Waals surface area (Å²) in [7, 11) is 0. The van der Waals surface area contributed by atoms with Gasteiger partial charge in [0.15, 0.2) is 6.61 Å². The molecule has 0 radical (unpaired) electrons. The molecule has 9 heteroatoms.